The van der Waals surface area contributed by atoms with Gasteiger partial charge in [0.2, 0.25) is 17.7 Å². The quantitative estimate of drug-likeness (QED) is 0.567. The summed E-state index contributed by atoms with van der Waals surface area (Å²) in [5.74, 6) is 0.462. The van der Waals surface area contributed by atoms with Gasteiger partial charge in [-0.25, -0.2) is 9.97 Å². The molecule has 0 saturated carbocycles. The maximum Gasteiger partial charge on any atom is 0.247 e. The second-order valence-electron chi connectivity index (χ2n) is 7.03. The molecular weight excluding hydrogens is 414 g/mol. The Morgan fingerprint density at radius 2 is 2.32 bits per heavy atom. The van der Waals surface area contributed by atoms with E-state index in [0.717, 1.165) is 47.0 Å². The average Bonchev–Trinajstić information content (AvgIpc) is 3.22. The highest BCUT2D eigenvalue weighted by molar-refractivity contribution is 7.22. The van der Waals surface area contributed by atoms with Crippen molar-refractivity contribution in [3.8, 4) is 11.9 Å². The van der Waals surface area contributed by atoms with Crippen molar-refractivity contribution in [3.05, 3.63) is 42.6 Å². The second kappa shape index (κ2) is 8.97. The topological polar surface area (TPSA) is 116 Å². The summed E-state index contributed by atoms with van der Waals surface area (Å²) in [7, 11) is 1.48. The van der Waals surface area contributed by atoms with E-state index in [9.17, 15) is 4.79 Å². The number of nitriles is 1. The summed E-state index contributed by atoms with van der Waals surface area (Å²) in [5.41, 5.74) is 1.92. The monoisotopic (exact) mass is 435 g/mol. The van der Waals surface area contributed by atoms with Gasteiger partial charge in [0.15, 0.2) is 5.13 Å². The van der Waals surface area contributed by atoms with Gasteiger partial charge in [-0.2, -0.15) is 10.2 Å². The van der Waals surface area contributed by atoms with E-state index in [-0.39, 0.29) is 17.8 Å². The van der Waals surface area contributed by atoms with Crippen LogP contribution in [0.15, 0.2) is 37.1 Å². The van der Waals surface area contributed by atoms with Gasteiger partial charge in [-0.15, -0.1) is 0 Å². The normalized spacial score (nSPS) is 15.9. The number of carbonyl (C=O) groups is 1. The molecule has 4 rings (SSSR count). The minimum atomic E-state index is -0.240. The van der Waals surface area contributed by atoms with Gasteiger partial charge in [-0.05, 0) is 37.1 Å². The number of hydrogen-bond donors (Lipinski definition) is 2. The number of fused-ring (bicyclic) bond motifs is 1. The number of amides is 1. The first kappa shape index (κ1) is 20.6. The minimum Gasteiger partial charge on any atom is -0.480 e. The van der Waals surface area contributed by atoms with E-state index in [1.165, 1.54) is 19.4 Å². The van der Waals surface area contributed by atoms with Crippen LogP contribution >= 0.6 is 11.3 Å². The summed E-state index contributed by atoms with van der Waals surface area (Å²) in [4.78, 5) is 27.1. The van der Waals surface area contributed by atoms with Gasteiger partial charge in [0.05, 0.1) is 23.5 Å². The maximum absolute atomic E-state index is 11.5. The zero-order valence-corrected chi connectivity index (χ0v) is 17.8. The molecule has 3 heterocycles. The molecule has 2 aromatic heterocycles. The summed E-state index contributed by atoms with van der Waals surface area (Å²) in [6.45, 7) is 5.14. The number of carbonyl (C=O) groups excluding carboxylic acids is 1. The number of ether oxygens (including phenoxy) is 1. The molecule has 2 N–H and O–H groups in total. The molecule has 1 saturated heterocycles. The van der Waals surface area contributed by atoms with Gasteiger partial charge in [0.25, 0.3) is 0 Å². The molecule has 0 unspecified atom stereocenters. The number of rotatable bonds is 6. The number of thiazole rings is 1. The first-order chi connectivity index (χ1) is 15.1. The van der Waals surface area contributed by atoms with E-state index in [1.807, 2.05) is 24.3 Å². The molecule has 31 heavy (non-hydrogen) atoms. The number of piperidine rings is 1. The standard InChI is InChI=1S/C21H21N7O2S/c1-3-18(29)24-14-6-7-16-17(9-14)31-21(26-16)28-8-4-5-15(12-28)25-20-23-11-13(10-22)19(27-20)30-2/h3,6-7,9,11,15H,1,4-5,8,12H2,2H3,(H,24,29)(H,23,25,27)/t15-/m1/s1. The third-order valence-corrected chi connectivity index (χ3v) is 6.00. The Kier molecular flexibility index (Phi) is 5.95. The lowest BCUT2D eigenvalue weighted by Crippen LogP contribution is -2.42. The molecule has 0 aliphatic carbocycles. The molecule has 1 aliphatic heterocycles. The molecule has 158 valence electrons. The fraction of sp³-hybridized carbons (Fsp3) is 0.286. The van der Waals surface area contributed by atoms with Crippen LogP contribution in [0.25, 0.3) is 10.2 Å². The van der Waals surface area contributed by atoms with E-state index in [4.69, 9.17) is 15.0 Å². The highest BCUT2D eigenvalue weighted by Crippen LogP contribution is 2.32. The van der Waals surface area contributed by atoms with Crippen LogP contribution in [0.1, 0.15) is 18.4 Å². The number of aromatic nitrogens is 3. The molecule has 1 amide bonds. The molecule has 1 fully saturated rings. The Morgan fingerprint density at radius 1 is 1.45 bits per heavy atom. The first-order valence-corrected chi connectivity index (χ1v) is 10.6. The van der Waals surface area contributed by atoms with Crippen LogP contribution in [-0.4, -0.2) is 47.1 Å². The van der Waals surface area contributed by atoms with Crippen molar-refractivity contribution < 1.29 is 9.53 Å². The molecule has 0 radical (unpaired) electrons. The van der Waals surface area contributed by atoms with Gasteiger partial charge in [-0.3, -0.25) is 4.79 Å². The van der Waals surface area contributed by atoms with Crippen LogP contribution < -0.4 is 20.3 Å². The van der Waals surface area contributed by atoms with Gasteiger partial charge >= 0.3 is 0 Å². The lowest BCUT2D eigenvalue weighted by Gasteiger charge is -2.32. The van der Waals surface area contributed by atoms with Crippen molar-refractivity contribution in [1.29, 1.82) is 5.26 Å². The first-order valence-electron chi connectivity index (χ1n) is 9.76. The maximum atomic E-state index is 11.5. The van der Waals surface area contributed by atoms with E-state index in [0.29, 0.717) is 11.5 Å². The van der Waals surface area contributed by atoms with Crippen molar-refractivity contribution >= 4 is 44.2 Å². The zero-order chi connectivity index (χ0) is 21.8. The average molecular weight is 436 g/mol. The molecule has 10 heteroatoms. The molecule has 0 spiro atoms. The van der Waals surface area contributed by atoms with Gasteiger partial charge in [0.1, 0.15) is 11.6 Å². The minimum absolute atomic E-state index is 0.140. The molecule has 1 aromatic carbocycles. The molecule has 9 nitrogen and oxygen atoms in total. The summed E-state index contributed by atoms with van der Waals surface area (Å²) >= 11 is 1.59. The van der Waals surface area contributed by atoms with Crippen molar-refractivity contribution in [2.75, 3.05) is 35.7 Å². The Hall–Kier alpha value is -3.71. The Bertz CT molecular complexity index is 1170. The summed E-state index contributed by atoms with van der Waals surface area (Å²) in [6, 6.07) is 7.82. The van der Waals surface area contributed by atoms with Crippen molar-refractivity contribution in [2.24, 2.45) is 0 Å². The Balaban J connectivity index is 1.48. The molecule has 1 aliphatic rings. The van der Waals surface area contributed by atoms with Crippen molar-refractivity contribution in [1.82, 2.24) is 15.0 Å². The van der Waals surface area contributed by atoms with Crippen LogP contribution in [0.2, 0.25) is 0 Å². The third kappa shape index (κ3) is 4.57. The predicted octanol–water partition coefficient (Wildman–Crippen LogP) is 3.17. The number of methoxy groups -OCH3 is 1. The SMILES string of the molecule is C=CC(=O)Nc1ccc2nc(N3CCC[C@@H](Nc4ncc(C#N)c(OC)n4)C3)sc2c1. The fourth-order valence-corrected chi connectivity index (χ4v) is 4.48. The second-order valence-corrected chi connectivity index (χ2v) is 8.04. The van der Waals surface area contributed by atoms with Crippen LogP contribution in [0.5, 0.6) is 5.88 Å². The van der Waals surface area contributed by atoms with Crippen LogP contribution in [0.3, 0.4) is 0 Å². The third-order valence-electron chi connectivity index (χ3n) is 4.92. The zero-order valence-electron chi connectivity index (χ0n) is 17.0. The number of benzene rings is 1. The lowest BCUT2D eigenvalue weighted by atomic mass is 10.1. The van der Waals surface area contributed by atoms with Gasteiger partial charge in [0, 0.05) is 24.8 Å². The van der Waals surface area contributed by atoms with E-state index in [2.05, 4.69) is 32.1 Å². The fourth-order valence-electron chi connectivity index (χ4n) is 3.44. The predicted molar refractivity (Wildman–Crippen MR) is 121 cm³/mol. The number of nitrogens with zero attached hydrogens (tertiary/aromatic N) is 5. The van der Waals surface area contributed by atoms with Crippen molar-refractivity contribution in [2.45, 2.75) is 18.9 Å². The lowest BCUT2D eigenvalue weighted by molar-refractivity contribution is -0.111. The van der Waals surface area contributed by atoms with Crippen LogP contribution in [0, 0.1) is 11.3 Å². The van der Waals surface area contributed by atoms with Crippen LogP contribution in [0.4, 0.5) is 16.8 Å². The number of hydrogen-bond acceptors (Lipinski definition) is 9. The van der Waals surface area contributed by atoms with E-state index in [1.54, 1.807) is 11.3 Å². The summed E-state index contributed by atoms with van der Waals surface area (Å²) in [5, 5.41) is 16.1. The Labute approximate surface area is 183 Å². The molecule has 3 aromatic rings. The van der Waals surface area contributed by atoms with Crippen LogP contribution in [-0.2, 0) is 4.79 Å². The highest BCUT2D eigenvalue weighted by atomic mass is 32.1. The smallest absolute Gasteiger partial charge is 0.247 e. The molecule has 0 bridgehead atoms. The molecular formula is C21H21N7O2S. The molecule has 1 atom stereocenters. The van der Waals surface area contributed by atoms with Crippen molar-refractivity contribution in [3.63, 3.8) is 0 Å². The number of anilines is 3. The van der Waals surface area contributed by atoms with Gasteiger partial charge in [-0.1, -0.05) is 17.9 Å². The largest absolute Gasteiger partial charge is 0.480 e. The Morgan fingerprint density at radius 3 is 3.10 bits per heavy atom. The summed E-state index contributed by atoms with van der Waals surface area (Å²) < 4.78 is 6.17. The summed E-state index contributed by atoms with van der Waals surface area (Å²) in [6.07, 6.45) is 4.69. The van der Waals surface area contributed by atoms with E-state index < -0.39 is 0 Å². The highest BCUT2D eigenvalue weighted by Gasteiger charge is 2.23. The van der Waals surface area contributed by atoms with E-state index >= 15 is 0 Å². The number of nitrogens with one attached hydrogen (secondary N) is 2. The van der Waals surface area contributed by atoms with Gasteiger partial charge < -0.3 is 20.3 Å².